The van der Waals surface area contributed by atoms with E-state index in [0.29, 0.717) is 8.58 Å². The molecule has 2 aromatic rings. The van der Waals surface area contributed by atoms with Crippen molar-refractivity contribution in [2.45, 2.75) is 0 Å². The van der Waals surface area contributed by atoms with Crippen LogP contribution in [0.3, 0.4) is 0 Å². The highest BCUT2D eigenvalue weighted by Gasteiger charge is 2.37. The molecule has 0 saturated carbocycles. The Hall–Kier alpha value is -1.66. The van der Waals surface area contributed by atoms with E-state index in [0.717, 1.165) is 0 Å². The van der Waals surface area contributed by atoms with E-state index in [9.17, 15) is 34.2 Å². The highest BCUT2D eigenvalue weighted by Crippen LogP contribution is 2.32. The number of ketones is 1. The van der Waals surface area contributed by atoms with Gasteiger partial charge in [-0.25, -0.2) is 20.0 Å². The molecule has 1 aliphatic heterocycles. The van der Waals surface area contributed by atoms with Crippen molar-refractivity contribution in [3.63, 3.8) is 0 Å². The number of fused-ring (bicyclic) bond motifs is 1. The van der Waals surface area contributed by atoms with Crippen molar-refractivity contribution in [1.82, 2.24) is 10.4 Å². The summed E-state index contributed by atoms with van der Waals surface area (Å²) in [6.45, 7) is -0.654. The first kappa shape index (κ1) is 23.0. The van der Waals surface area contributed by atoms with Gasteiger partial charge in [-0.15, -0.1) is 0 Å². The van der Waals surface area contributed by atoms with Crippen LogP contribution in [0.5, 0.6) is 0 Å². The molecule has 0 aromatic heterocycles. The largest absolute Gasteiger partial charge is 0.478 e. The monoisotopic (exact) mass is 746 g/mol. The van der Waals surface area contributed by atoms with Gasteiger partial charge in [0.1, 0.15) is 0 Å². The van der Waals surface area contributed by atoms with Gasteiger partial charge in [0.2, 0.25) is 0 Å². The van der Waals surface area contributed by atoms with Crippen LogP contribution in [0.1, 0.15) is 51.8 Å². The molecule has 0 aliphatic carbocycles. The number of Topliss-reactive ketones (excluding diaryl/α,β-unsaturated/α-hetero) is 1. The molecule has 154 valence electrons. The summed E-state index contributed by atoms with van der Waals surface area (Å²) < 4.78 is 0.840. The summed E-state index contributed by atoms with van der Waals surface area (Å²) in [5.41, 5.74) is 1.37. The summed E-state index contributed by atoms with van der Waals surface area (Å²) in [5, 5.41) is 19.9. The highest BCUT2D eigenvalue weighted by atomic mass is 127. The molecule has 9 nitrogen and oxygen atoms in total. The van der Waals surface area contributed by atoms with Crippen LogP contribution in [0, 0.1) is 10.7 Å². The van der Waals surface area contributed by atoms with Gasteiger partial charge in [-0.3, -0.25) is 14.4 Å². The van der Waals surface area contributed by atoms with Gasteiger partial charge in [0, 0.05) is 10.7 Å². The van der Waals surface area contributed by atoms with Gasteiger partial charge in [0.25, 0.3) is 11.8 Å². The molecule has 0 radical (unpaired) electrons. The number of halogens is 3. The first-order valence-electron chi connectivity index (χ1n) is 7.99. The number of amides is 2. The minimum absolute atomic E-state index is 0.165. The summed E-state index contributed by atoms with van der Waals surface area (Å²) in [4.78, 5) is 61.3. The Kier molecular flexibility index (Phi) is 6.78. The van der Waals surface area contributed by atoms with Crippen molar-refractivity contribution in [2.24, 2.45) is 0 Å². The molecule has 2 amide bonds. The number of nitrogens with zero attached hydrogens (tertiary/aromatic N) is 1. The fraction of sp³-hybridized carbons (Fsp3) is 0.0556. The van der Waals surface area contributed by atoms with E-state index in [4.69, 9.17) is 0 Å². The fourth-order valence-corrected chi connectivity index (χ4v) is 5.51. The number of hydrogen-bond acceptors (Lipinski definition) is 6. The van der Waals surface area contributed by atoms with Crippen molar-refractivity contribution in [1.29, 1.82) is 0 Å². The number of aromatic carboxylic acids is 2. The molecule has 2 aromatic carbocycles. The van der Waals surface area contributed by atoms with Crippen LogP contribution in [0.4, 0.5) is 0 Å². The third kappa shape index (κ3) is 3.84. The summed E-state index contributed by atoms with van der Waals surface area (Å²) in [7, 11) is 0. The van der Waals surface area contributed by atoms with E-state index in [1.165, 1.54) is 12.1 Å². The summed E-state index contributed by atoms with van der Waals surface area (Å²) in [5.74, 6) is -5.12. The first-order chi connectivity index (χ1) is 14.1. The lowest BCUT2D eigenvalue weighted by molar-refractivity contribution is 0.0557. The van der Waals surface area contributed by atoms with Gasteiger partial charge >= 0.3 is 11.9 Å². The van der Waals surface area contributed by atoms with Crippen molar-refractivity contribution >= 4 is 97.3 Å². The third-order valence-corrected chi connectivity index (χ3v) is 9.52. The van der Waals surface area contributed by atoms with Gasteiger partial charge in [0.05, 0.1) is 34.4 Å². The smallest absolute Gasteiger partial charge is 0.337 e. The zero-order valence-corrected chi connectivity index (χ0v) is 21.0. The minimum Gasteiger partial charge on any atom is -0.478 e. The molecule has 0 bridgehead atoms. The summed E-state index contributed by atoms with van der Waals surface area (Å²) in [6.07, 6.45) is 0. The SMILES string of the molecule is O=C(O)c1c(I)c(I)c(I)c(C(=O)O)c1C(=O)CNN1C(=O)c2ccccc2C1=O. The maximum Gasteiger partial charge on any atom is 0.337 e. The Morgan fingerprint density at radius 2 is 1.23 bits per heavy atom. The lowest BCUT2D eigenvalue weighted by atomic mass is 9.97. The highest BCUT2D eigenvalue weighted by molar-refractivity contribution is 14.1. The molecule has 1 aliphatic rings. The third-order valence-electron chi connectivity index (χ3n) is 4.22. The molecule has 12 heteroatoms. The van der Waals surface area contributed by atoms with Crippen LogP contribution >= 0.6 is 67.8 Å². The van der Waals surface area contributed by atoms with Gasteiger partial charge in [0.15, 0.2) is 5.78 Å². The quantitative estimate of drug-likeness (QED) is 0.178. The molecule has 0 spiro atoms. The predicted octanol–water partition coefficient (Wildman–Crippen LogP) is 2.88. The summed E-state index contributed by atoms with van der Waals surface area (Å²) in [6, 6.07) is 6.11. The van der Waals surface area contributed by atoms with E-state index < -0.39 is 52.8 Å². The van der Waals surface area contributed by atoms with E-state index in [1.807, 2.05) is 22.6 Å². The number of carboxylic acids is 2. The number of rotatable bonds is 6. The van der Waals surface area contributed by atoms with Gasteiger partial charge in [-0.05, 0) is 79.9 Å². The molecule has 30 heavy (non-hydrogen) atoms. The first-order valence-corrected chi connectivity index (χ1v) is 11.2. The van der Waals surface area contributed by atoms with Crippen LogP contribution < -0.4 is 5.43 Å². The molecule has 0 saturated heterocycles. The Labute approximate surface area is 209 Å². The number of imide groups is 1. The average Bonchev–Trinajstić information content (AvgIpc) is 2.93. The van der Waals surface area contributed by atoms with E-state index in [-0.39, 0.29) is 18.3 Å². The van der Waals surface area contributed by atoms with Crippen molar-refractivity contribution in [3.05, 3.63) is 62.8 Å². The molecule has 0 atom stereocenters. The van der Waals surface area contributed by atoms with Gasteiger partial charge in [-0.1, -0.05) is 12.1 Å². The number of carboxylic acid groups (broad SMARTS) is 2. The van der Waals surface area contributed by atoms with Crippen LogP contribution in [0.25, 0.3) is 0 Å². The number of nitrogens with one attached hydrogen (secondary N) is 1. The maximum atomic E-state index is 12.9. The molecular weight excluding hydrogens is 737 g/mol. The predicted molar refractivity (Wildman–Crippen MR) is 128 cm³/mol. The zero-order valence-electron chi connectivity index (χ0n) is 14.5. The summed E-state index contributed by atoms with van der Waals surface area (Å²) >= 11 is 5.30. The van der Waals surface area contributed by atoms with Crippen LogP contribution in [0.15, 0.2) is 24.3 Å². The van der Waals surface area contributed by atoms with Crippen molar-refractivity contribution < 1.29 is 34.2 Å². The second-order valence-electron chi connectivity index (χ2n) is 5.93. The molecule has 0 unspecified atom stereocenters. The molecule has 3 rings (SSSR count). The van der Waals surface area contributed by atoms with Gasteiger partial charge in [-0.2, -0.15) is 0 Å². The van der Waals surface area contributed by atoms with Gasteiger partial charge < -0.3 is 10.2 Å². The van der Waals surface area contributed by atoms with Crippen molar-refractivity contribution in [2.75, 3.05) is 6.54 Å². The van der Waals surface area contributed by atoms with Crippen molar-refractivity contribution in [3.8, 4) is 0 Å². The number of hydrazine groups is 1. The molecule has 1 heterocycles. The Morgan fingerprint density at radius 3 is 1.63 bits per heavy atom. The lowest BCUT2D eigenvalue weighted by Gasteiger charge is -2.18. The molecular formula is C18H9I3N2O7. The van der Waals surface area contributed by atoms with E-state index >= 15 is 0 Å². The number of carbonyl (C=O) groups is 5. The second kappa shape index (κ2) is 8.83. The van der Waals surface area contributed by atoms with E-state index in [2.05, 4.69) is 5.43 Å². The van der Waals surface area contributed by atoms with Crippen LogP contribution in [-0.4, -0.2) is 51.3 Å². The average molecular weight is 746 g/mol. The second-order valence-corrected chi connectivity index (χ2v) is 9.16. The molecule has 0 fully saturated rings. The van der Waals surface area contributed by atoms with Crippen LogP contribution in [-0.2, 0) is 0 Å². The fourth-order valence-electron chi connectivity index (χ4n) is 2.91. The number of carbonyl (C=O) groups excluding carboxylic acids is 3. The molecule has 3 N–H and O–H groups in total. The number of benzene rings is 2. The Bertz CT molecular complexity index is 1090. The lowest BCUT2D eigenvalue weighted by Crippen LogP contribution is -2.45. The Balaban J connectivity index is 1.99. The van der Waals surface area contributed by atoms with E-state index in [1.54, 1.807) is 57.3 Å². The Morgan fingerprint density at radius 1 is 0.800 bits per heavy atom. The van der Waals surface area contributed by atoms with Crippen LogP contribution in [0.2, 0.25) is 0 Å². The number of hydrogen-bond donors (Lipinski definition) is 3. The normalized spacial score (nSPS) is 12.8. The minimum atomic E-state index is -1.46. The zero-order chi connectivity index (χ0) is 22.3. The maximum absolute atomic E-state index is 12.9. The topological polar surface area (TPSA) is 141 Å². The standard InChI is InChI=1S/C18H9I3N2O7/c19-12-10(17(27)28)9(11(18(29)30)13(20)14(12)21)8(24)5-22-23-15(25)6-3-1-2-4-7(6)16(23)26/h1-4,22H,5H2,(H,27,28)(H,29,30).